The van der Waals surface area contributed by atoms with Gasteiger partial charge in [-0.05, 0) is 87.6 Å². The number of fused-ring (bicyclic) bond motifs is 2. The number of aromatic nitrogens is 6. The Bertz CT molecular complexity index is 2680. The highest BCUT2D eigenvalue weighted by Gasteiger charge is 2.47. The number of nitrogens with one attached hydrogen (secondary N) is 1. The van der Waals surface area contributed by atoms with E-state index in [1.807, 2.05) is 72.4 Å². The zero-order chi connectivity index (χ0) is 43.3. The van der Waals surface area contributed by atoms with E-state index in [1.165, 1.54) is 36.6 Å². The number of nitrogens with two attached hydrogens (primary N) is 1. The van der Waals surface area contributed by atoms with Crippen molar-refractivity contribution >= 4 is 34.1 Å². The first-order valence-corrected chi connectivity index (χ1v) is 21.9. The molecule has 1 saturated carbocycles. The molecule has 1 aliphatic carbocycles. The molecule has 1 amide bonds. The molecule has 1 aliphatic rings. The highest BCUT2D eigenvalue weighted by atomic mass is 16.5. The molecule has 0 radical (unpaired) electrons. The number of ether oxygens (including phenoxy) is 1. The Kier molecular flexibility index (Phi) is 14.5. The second-order valence-electron chi connectivity index (χ2n) is 16.1. The van der Waals surface area contributed by atoms with Crippen LogP contribution < -0.4 is 16.6 Å². The number of anilines is 1. The highest BCUT2D eigenvalue weighted by Crippen LogP contribution is 2.43. The van der Waals surface area contributed by atoms with Crippen molar-refractivity contribution in [1.82, 2.24) is 34.3 Å². The van der Waals surface area contributed by atoms with E-state index in [-0.39, 0.29) is 35.1 Å². The SMILES string of the molecule is CCCC/C=C\C/C=C\CCCCCCCC(=O)OCC1(n2cc(C#Cc3cccc4cc([C@H](C)NC(=O)c5c(N)nn6cccnc56)n(-c5ccccc5)c(=O)c34)cn2)CC1. The number of benzene rings is 2. The Morgan fingerprint density at radius 1 is 0.952 bits per heavy atom. The van der Waals surface area contributed by atoms with E-state index < -0.39 is 11.9 Å². The van der Waals surface area contributed by atoms with Crippen LogP contribution in [0, 0.1) is 11.8 Å². The fourth-order valence-corrected chi connectivity index (χ4v) is 7.66. The van der Waals surface area contributed by atoms with Gasteiger partial charge >= 0.3 is 5.97 Å². The van der Waals surface area contributed by atoms with Crippen molar-refractivity contribution in [3.8, 4) is 17.5 Å². The van der Waals surface area contributed by atoms with E-state index in [1.54, 1.807) is 29.2 Å². The molecule has 0 saturated heterocycles. The minimum absolute atomic E-state index is 0.0554. The predicted octanol–water partition coefficient (Wildman–Crippen LogP) is 9.16. The lowest BCUT2D eigenvalue weighted by Crippen LogP contribution is -2.32. The molecule has 320 valence electrons. The molecular weight excluding hydrogens is 777 g/mol. The van der Waals surface area contributed by atoms with Crippen molar-refractivity contribution in [2.24, 2.45) is 0 Å². The van der Waals surface area contributed by atoms with Gasteiger partial charge in [0.1, 0.15) is 12.2 Å². The number of pyridine rings is 1. The minimum Gasteiger partial charge on any atom is -0.463 e. The van der Waals surface area contributed by atoms with Crippen molar-refractivity contribution in [2.45, 2.75) is 109 Å². The average Bonchev–Trinajstić information content (AvgIpc) is 3.77. The third-order valence-corrected chi connectivity index (χ3v) is 11.4. The molecule has 4 heterocycles. The molecule has 2 aromatic carbocycles. The van der Waals surface area contributed by atoms with Crippen molar-refractivity contribution in [1.29, 1.82) is 0 Å². The summed E-state index contributed by atoms with van der Waals surface area (Å²) in [5, 5.41) is 13.0. The van der Waals surface area contributed by atoms with E-state index in [4.69, 9.17) is 10.5 Å². The first-order chi connectivity index (χ1) is 30.3. The van der Waals surface area contributed by atoms with Crippen LogP contribution in [-0.4, -0.2) is 47.4 Å². The molecule has 62 heavy (non-hydrogen) atoms. The van der Waals surface area contributed by atoms with Crippen molar-refractivity contribution < 1.29 is 14.3 Å². The summed E-state index contributed by atoms with van der Waals surface area (Å²) in [6.45, 7) is 4.32. The third-order valence-electron chi connectivity index (χ3n) is 11.4. The molecule has 0 bridgehead atoms. The standard InChI is InChI=1S/C50H56N8O4/c1-3-4-5-6-7-8-9-10-11-12-13-14-15-19-26-43(59)62-36-50(29-30-50)57-35-38(34-53-57)27-28-39-22-20-23-40-33-42(58(49(61)44(39)40)41-24-17-16-18-25-41)37(2)54-48(60)45-46(51)55-56-32-21-31-52-47(45)56/h6-7,9-10,16-18,20-25,31-35,37H,3-5,8,11-15,19,26,29-30,36H2,1-2H3,(H2,51,55)(H,54,60)/b7-6-,10-9-/t37-/m0/s1. The minimum atomic E-state index is -0.618. The number of amides is 1. The number of nitrogen functional groups attached to an aromatic ring is 1. The van der Waals surface area contributed by atoms with Gasteiger partial charge in [0.2, 0.25) is 0 Å². The van der Waals surface area contributed by atoms with Crippen LogP contribution in [0.25, 0.3) is 22.1 Å². The van der Waals surface area contributed by atoms with Gasteiger partial charge in [0.25, 0.3) is 11.5 Å². The summed E-state index contributed by atoms with van der Waals surface area (Å²) in [6.07, 6.45) is 29.2. The predicted molar refractivity (Wildman–Crippen MR) is 244 cm³/mol. The highest BCUT2D eigenvalue weighted by molar-refractivity contribution is 6.04. The maximum atomic E-state index is 14.6. The van der Waals surface area contributed by atoms with Gasteiger partial charge in [0, 0.05) is 42.0 Å². The molecule has 4 aromatic heterocycles. The zero-order valence-corrected chi connectivity index (χ0v) is 35.8. The summed E-state index contributed by atoms with van der Waals surface area (Å²) in [7, 11) is 0. The number of esters is 1. The fraction of sp³-hybridized carbons (Fsp3) is 0.360. The number of hydrogen-bond donors (Lipinski definition) is 2. The normalized spacial score (nSPS) is 13.7. The van der Waals surface area contributed by atoms with Gasteiger partial charge in [-0.3, -0.25) is 23.6 Å². The third kappa shape index (κ3) is 10.6. The lowest BCUT2D eigenvalue weighted by atomic mass is 10.0. The molecule has 12 nitrogen and oxygen atoms in total. The smallest absolute Gasteiger partial charge is 0.305 e. The molecule has 0 aliphatic heterocycles. The van der Waals surface area contributed by atoms with Crippen LogP contribution in [-0.2, 0) is 15.1 Å². The Labute approximate surface area is 362 Å². The number of para-hydroxylation sites is 1. The van der Waals surface area contributed by atoms with Gasteiger partial charge in [-0.25, -0.2) is 9.50 Å². The summed E-state index contributed by atoms with van der Waals surface area (Å²) < 4.78 is 10.7. The monoisotopic (exact) mass is 832 g/mol. The van der Waals surface area contributed by atoms with Gasteiger partial charge in [-0.1, -0.05) is 106 Å². The van der Waals surface area contributed by atoms with Gasteiger partial charge in [-0.15, -0.1) is 5.10 Å². The maximum Gasteiger partial charge on any atom is 0.305 e. The number of carbonyl (C=O) groups excluding carboxylic acids is 2. The Morgan fingerprint density at radius 3 is 2.52 bits per heavy atom. The average molecular weight is 833 g/mol. The Morgan fingerprint density at radius 2 is 1.73 bits per heavy atom. The molecule has 3 N–H and O–H groups in total. The van der Waals surface area contributed by atoms with Crippen LogP contribution in [0.1, 0.15) is 131 Å². The maximum absolute atomic E-state index is 14.6. The molecule has 0 spiro atoms. The fourth-order valence-electron chi connectivity index (χ4n) is 7.66. The summed E-state index contributed by atoms with van der Waals surface area (Å²) >= 11 is 0. The van der Waals surface area contributed by atoms with Crippen LogP contribution in [0.15, 0.2) is 115 Å². The van der Waals surface area contributed by atoms with Gasteiger partial charge < -0.3 is 15.8 Å². The second-order valence-corrected chi connectivity index (χ2v) is 16.1. The van der Waals surface area contributed by atoms with Gasteiger partial charge in [0.15, 0.2) is 11.5 Å². The zero-order valence-electron chi connectivity index (χ0n) is 35.8. The summed E-state index contributed by atoms with van der Waals surface area (Å²) in [5.74, 6) is 5.88. The molecule has 12 heteroatoms. The van der Waals surface area contributed by atoms with Crippen molar-refractivity contribution in [3.05, 3.63) is 142 Å². The topological polar surface area (TPSA) is 151 Å². The van der Waals surface area contributed by atoms with Crippen LogP contribution in [0.3, 0.4) is 0 Å². The lowest BCUT2D eigenvalue weighted by Gasteiger charge is -2.21. The number of carbonyl (C=O) groups is 2. The van der Waals surface area contributed by atoms with Crippen molar-refractivity contribution in [2.75, 3.05) is 12.3 Å². The van der Waals surface area contributed by atoms with Crippen LogP contribution in [0.4, 0.5) is 5.82 Å². The molecular formula is C50H56N8O4. The van der Waals surface area contributed by atoms with Crippen LogP contribution in [0.2, 0.25) is 0 Å². The first kappa shape index (κ1) is 43.4. The molecule has 0 unspecified atom stereocenters. The number of hydrogen-bond acceptors (Lipinski definition) is 8. The number of unbranched alkanes of at least 4 members (excludes halogenated alkanes) is 7. The molecule has 7 rings (SSSR count). The first-order valence-electron chi connectivity index (χ1n) is 21.9. The number of nitrogens with zero attached hydrogens (tertiary/aromatic N) is 6. The van der Waals surface area contributed by atoms with E-state index in [9.17, 15) is 14.4 Å². The summed E-state index contributed by atoms with van der Waals surface area (Å²) in [6, 6.07) is 17.9. The van der Waals surface area contributed by atoms with E-state index in [2.05, 4.69) is 63.6 Å². The second kappa shape index (κ2) is 20.7. The largest absolute Gasteiger partial charge is 0.463 e. The van der Waals surface area contributed by atoms with E-state index in [0.717, 1.165) is 44.9 Å². The summed E-state index contributed by atoms with van der Waals surface area (Å²) in [5.41, 5.74) is 8.48. The van der Waals surface area contributed by atoms with Crippen LogP contribution >= 0.6 is 0 Å². The quantitative estimate of drug-likeness (QED) is 0.0335. The van der Waals surface area contributed by atoms with E-state index >= 15 is 0 Å². The number of allylic oxidation sites excluding steroid dienone is 4. The lowest BCUT2D eigenvalue weighted by molar-refractivity contribution is -0.145. The molecule has 1 atom stereocenters. The molecule has 6 aromatic rings. The van der Waals surface area contributed by atoms with E-state index in [0.29, 0.717) is 45.3 Å². The number of rotatable bonds is 20. The Hall–Kier alpha value is -6.74. The van der Waals surface area contributed by atoms with Crippen molar-refractivity contribution in [3.63, 3.8) is 0 Å². The Balaban J connectivity index is 0.971. The van der Waals surface area contributed by atoms with Gasteiger partial charge in [-0.2, -0.15) is 5.10 Å². The summed E-state index contributed by atoms with van der Waals surface area (Å²) in [4.78, 5) is 45.1. The molecule has 1 fully saturated rings. The van der Waals surface area contributed by atoms with Crippen LogP contribution in [0.5, 0.6) is 0 Å². The van der Waals surface area contributed by atoms with Gasteiger partial charge in [0.05, 0.1) is 28.7 Å².